The van der Waals surface area contributed by atoms with Crippen LogP contribution >= 0.6 is 24.0 Å². The molecule has 106 valence electrons. The largest absolute Gasteiger partial charge is 0.359 e. The quantitative estimate of drug-likeness (QED) is 0.445. The van der Waals surface area contributed by atoms with Crippen LogP contribution in [0.4, 0.5) is 0 Å². The fourth-order valence-corrected chi connectivity index (χ4v) is 2.52. The number of guanidine groups is 1. The summed E-state index contributed by atoms with van der Waals surface area (Å²) >= 11 is 0. The average molecular weight is 368 g/mol. The SMILES string of the molecule is CN=C(NC)NCC1(C(=O)N(C)C)CCCC1.I. The zero-order valence-corrected chi connectivity index (χ0v) is 14.1. The van der Waals surface area contributed by atoms with Gasteiger partial charge in [0.1, 0.15) is 0 Å². The van der Waals surface area contributed by atoms with Crippen LogP contribution < -0.4 is 10.6 Å². The zero-order chi connectivity index (χ0) is 12.9. The molecule has 2 N–H and O–H groups in total. The highest BCUT2D eigenvalue weighted by atomic mass is 127. The van der Waals surface area contributed by atoms with Crippen LogP contribution in [0, 0.1) is 5.41 Å². The number of amides is 1. The molecule has 0 saturated heterocycles. The van der Waals surface area contributed by atoms with Gasteiger partial charge in [-0.3, -0.25) is 9.79 Å². The minimum Gasteiger partial charge on any atom is -0.359 e. The van der Waals surface area contributed by atoms with Crippen molar-refractivity contribution in [2.24, 2.45) is 10.4 Å². The van der Waals surface area contributed by atoms with E-state index in [2.05, 4.69) is 15.6 Å². The predicted octanol–water partition coefficient (Wildman–Crippen LogP) is 1.05. The lowest BCUT2D eigenvalue weighted by Gasteiger charge is -2.31. The molecule has 0 bridgehead atoms. The Morgan fingerprint density at radius 1 is 1.33 bits per heavy atom. The first-order valence-corrected chi connectivity index (χ1v) is 6.16. The van der Waals surface area contributed by atoms with Crippen LogP contribution in [0.25, 0.3) is 0 Å². The van der Waals surface area contributed by atoms with Crippen LogP contribution in [0.2, 0.25) is 0 Å². The zero-order valence-electron chi connectivity index (χ0n) is 11.7. The number of carbonyl (C=O) groups excluding carboxylic acids is 1. The Morgan fingerprint density at radius 2 is 1.89 bits per heavy atom. The molecule has 1 amide bonds. The third-order valence-electron chi connectivity index (χ3n) is 3.48. The van der Waals surface area contributed by atoms with Gasteiger partial charge in [0.2, 0.25) is 5.91 Å². The van der Waals surface area contributed by atoms with E-state index in [0.29, 0.717) is 6.54 Å². The van der Waals surface area contributed by atoms with Crippen molar-refractivity contribution in [3.8, 4) is 0 Å². The molecule has 1 rings (SSSR count). The van der Waals surface area contributed by atoms with E-state index in [1.165, 1.54) is 0 Å². The van der Waals surface area contributed by atoms with Crippen molar-refractivity contribution in [1.82, 2.24) is 15.5 Å². The molecule has 0 aromatic rings. The molecule has 0 spiro atoms. The van der Waals surface area contributed by atoms with Crippen molar-refractivity contribution in [3.05, 3.63) is 0 Å². The minimum absolute atomic E-state index is 0. The van der Waals surface area contributed by atoms with E-state index < -0.39 is 0 Å². The predicted molar refractivity (Wildman–Crippen MR) is 85.4 cm³/mol. The van der Waals surface area contributed by atoms with E-state index in [-0.39, 0.29) is 35.3 Å². The van der Waals surface area contributed by atoms with E-state index in [9.17, 15) is 4.79 Å². The first-order valence-electron chi connectivity index (χ1n) is 6.16. The summed E-state index contributed by atoms with van der Waals surface area (Å²) in [5.41, 5.74) is -0.240. The van der Waals surface area contributed by atoms with E-state index in [0.717, 1.165) is 31.6 Å². The van der Waals surface area contributed by atoms with Gasteiger partial charge in [-0.15, -0.1) is 24.0 Å². The maximum atomic E-state index is 12.3. The van der Waals surface area contributed by atoms with Crippen molar-refractivity contribution in [3.63, 3.8) is 0 Å². The molecule has 1 fully saturated rings. The number of rotatable bonds is 3. The van der Waals surface area contributed by atoms with Crippen LogP contribution in [0.1, 0.15) is 25.7 Å². The van der Waals surface area contributed by atoms with Crippen molar-refractivity contribution in [2.45, 2.75) is 25.7 Å². The fraction of sp³-hybridized carbons (Fsp3) is 0.833. The van der Waals surface area contributed by atoms with E-state index in [4.69, 9.17) is 0 Å². The van der Waals surface area contributed by atoms with Gasteiger partial charge in [-0.1, -0.05) is 12.8 Å². The number of aliphatic imine (C=N–C) groups is 1. The van der Waals surface area contributed by atoms with Gasteiger partial charge in [0.25, 0.3) is 0 Å². The lowest BCUT2D eigenvalue weighted by Crippen LogP contribution is -2.48. The van der Waals surface area contributed by atoms with Crippen molar-refractivity contribution >= 4 is 35.8 Å². The molecule has 0 aromatic carbocycles. The van der Waals surface area contributed by atoms with E-state index in [1.54, 1.807) is 11.9 Å². The first kappa shape index (κ1) is 17.5. The first-order chi connectivity index (χ1) is 8.05. The Bertz CT molecular complexity index is 298. The highest BCUT2D eigenvalue weighted by molar-refractivity contribution is 14.0. The summed E-state index contributed by atoms with van der Waals surface area (Å²) in [5, 5.41) is 6.20. The summed E-state index contributed by atoms with van der Waals surface area (Å²) in [6.07, 6.45) is 4.22. The van der Waals surface area contributed by atoms with Crippen LogP contribution in [-0.4, -0.2) is 51.5 Å². The summed E-state index contributed by atoms with van der Waals surface area (Å²) in [6, 6.07) is 0. The highest BCUT2D eigenvalue weighted by Crippen LogP contribution is 2.38. The molecule has 5 nitrogen and oxygen atoms in total. The van der Waals surface area contributed by atoms with Crippen molar-refractivity contribution in [1.29, 1.82) is 0 Å². The van der Waals surface area contributed by atoms with Crippen LogP contribution in [-0.2, 0) is 4.79 Å². The number of halogens is 1. The molecule has 1 aliphatic rings. The van der Waals surface area contributed by atoms with Gasteiger partial charge in [-0.2, -0.15) is 0 Å². The summed E-state index contributed by atoms with van der Waals surface area (Å²) in [5.74, 6) is 0.969. The molecular weight excluding hydrogens is 343 g/mol. The van der Waals surface area contributed by atoms with Crippen LogP contribution in [0.3, 0.4) is 0 Å². The van der Waals surface area contributed by atoms with Gasteiger partial charge in [0, 0.05) is 34.7 Å². The fourth-order valence-electron chi connectivity index (χ4n) is 2.52. The van der Waals surface area contributed by atoms with Crippen molar-refractivity contribution < 1.29 is 4.79 Å². The Labute approximate surface area is 127 Å². The topological polar surface area (TPSA) is 56.7 Å². The number of hydrogen-bond donors (Lipinski definition) is 2. The van der Waals surface area contributed by atoms with Gasteiger partial charge in [-0.05, 0) is 12.8 Å². The summed E-state index contributed by atoms with van der Waals surface area (Å²) in [6.45, 7) is 0.664. The number of nitrogens with one attached hydrogen (secondary N) is 2. The summed E-state index contributed by atoms with van der Waals surface area (Å²) in [4.78, 5) is 18.1. The molecule has 1 aliphatic carbocycles. The number of hydrogen-bond acceptors (Lipinski definition) is 2. The minimum atomic E-state index is -0.240. The second-order valence-corrected chi connectivity index (χ2v) is 4.86. The molecule has 18 heavy (non-hydrogen) atoms. The van der Waals surface area contributed by atoms with Crippen LogP contribution in [0.15, 0.2) is 4.99 Å². The van der Waals surface area contributed by atoms with Crippen LogP contribution in [0.5, 0.6) is 0 Å². The third kappa shape index (κ3) is 4.00. The highest BCUT2D eigenvalue weighted by Gasteiger charge is 2.41. The van der Waals surface area contributed by atoms with Crippen molar-refractivity contribution in [2.75, 3.05) is 34.7 Å². The molecular formula is C12H25IN4O. The second kappa shape index (κ2) is 7.81. The number of nitrogens with zero attached hydrogens (tertiary/aromatic N) is 2. The van der Waals surface area contributed by atoms with E-state index >= 15 is 0 Å². The normalized spacial score (nSPS) is 17.9. The molecule has 0 heterocycles. The summed E-state index contributed by atoms with van der Waals surface area (Å²) < 4.78 is 0. The monoisotopic (exact) mass is 368 g/mol. The van der Waals surface area contributed by atoms with Gasteiger partial charge in [-0.25, -0.2) is 0 Å². The molecule has 1 saturated carbocycles. The standard InChI is InChI=1S/C12H24N4O.HI/c1-13-11(14-2)15-9-12(7-5-6-8-12)10(17)16(3)4;/h5-9H2,1-4H3,(H2,13,14,15);1H. The van der Waals surface area contributed by atoms with Gasteiger partial charge in [0.05, 0.1) is 5.41 Å². The molecule has 0 atom stereocenters. The average Bonchev–Trinajstić information content (AvgIpc) is 2.79. The van der Waals surface area contributed by atoms with Gasteiger partial charge < -0.3 is 15.5 Å². The Morgan fingerprint density at radius 3 is 2.28 bits per heavy atom. The Hall–Kier alpha value is -0.530. The number of carbonyl (C=O) groups is 1. The molecule has 0 aliphatic heterocycles. The molecule has 0 radical (unpaired) electrons. The summed E-state index contributed by atoms with van der Waals surface area (Å²) in [7, 11) is 7.21. The maximum absolute atomic E-state index is 12.3. The Balaban J connectivity index is 0.00000289. The molecule has 0 unspecified atom stereocenters. The third-order valence-corrected chi connectivity index (χ3v) is 3.48. The molecule has 0 aromatic heterocycles. The lowest BCUT2D eigenvalue weighted by atomic mass is 9.84. The maximum Gasteiger partial charge on any atom is 0.230 e. The van der Waals surface area contributed by atoms with Gasteiger partial charge in [0.15, 0.2) is 5.96 Å². The lowest BCUT2D eigenvalue weighted by molar-refractivity contribution is -0.138. The second-order valence-electron chi connectivity index (χ2n) is 4.86. The Kier molecular flexibility index (Phi) is 7.58. The smallest absolute Gasteiger partial charge is 0.230 e. The van der Waals surface area contributed by atoms with E-state index in [1.807, 2.05) is 21.1 Å². The molecule has 6 heteroatoms. The van der Waals surface area contributed by atoms with Gasteiger partial charge >= 0.3 is 0 Å².